The number of aromatic amines is 1. The van der Waals surface area contributed by atoms with Crippen LogP contribution in [0.15, 0.2) is 23.3 Å². The molecule has 0 aliphatic carbocycles. The lowest BCUT2D eigenvalue weighted by atomic mass is 9.89. The van der Waals surface area contributed by atoms with Gasteiger partial charge in [-0.1, -0.05) is 20.8 Å². The first-order valence-electron chi connectivity index (χ1n) is 11.5. The van der Waals surface area contributed by atoms with Gasteiger partial charge in [0.1, 0.15) is 17.2 Å². The van der Waals surface area contributed by atoms with Crippen LogP contribution in [0.1, 0.15) is 54.7 Å². The lowest BCUT2D eigenvalue weighted by molar-refractivity contribution is -0.165. The van der Waals surface area contributed by atoms with Crippen LogP contribution in [0.3, 0.4) is 0 Å². The smallest absolute Gasteiger partial charge is 0.303 e. The number of hydrogen-bond acceptors (Lipinski definition) is 9. The number of esters is 1. The molecule has 0 spiro atoms. The highest BCUT2D eigenvalue weighted by Crippen LogP contribution is 2.45. The predicted octanol–water partition coefficient (Wildman–Crippen LogP) is 1.53. The van der Waals surface area contributed by atoms with E-state index in [4.69, 9.17) is 19.6 Å². The van der Waals surface area contributed by atoms with Crippen LogP contribution in [0.4, 0.5) is 5.69 Å². The van der Waals surface area contributed by atoms with Crippen LogP contribution in [0.2, 0.25) is 5.04 Å². The zero-order valence-electron chi connectivity index (χ0n) is 21.1. The molecule has 0 radical (unpaired) electrons. The first-order chi connectivity index (χ1) is 16.1. The second kappa shape index (κ2) is 8.40. The standard InChI is InChI=1S/C23H33N5O6Si/c1-11(29)32-18-17(22(5,6)34-35-21(2,3)4)33-20(23(18,7)31)28-10-13-14(24)8-12-16(13)15(27-28)9-25-26-19(12)30/h8-10,17-18,20,31H,24,35H2,1-7H3,(H,26,30). The second-order valence-electron chi connectivity index (χ2n) is 11.1. The van der Waals surface area contributed by atoms with Crippen molar-refractivity contribution in [1.29, 1.82) is 0 Å². The number of anilines is 1. The Morgan fingerprint density at radius 2 is 2.00 bits per heavy atom. The van der Waals surface area contributed by atoms with Gasteiger partial charge in [-0.2, -0.15) is 10.2 Å². The molecule has 1 aliphatic heterocycles. The Balaban J connectivity index is 1.83. The highest BCUT2D eigenvalue weighted by Gasteiger charge is 2.60. The molecule has 4 N–H and O–H groups in total. The van der Waals surface area contributed by atoms with Crippen molar-refractivity contribution in [1.82, 2.24) is 20.0 Å². The molecule has 0 amide bonds. The number of aliphatic hydroxyl groups is 1. The third-order valence-corrected chi connectivity index (χ3v) is 7.96. The molecular weight excluding hydrogens is 470 g/mol. The lowest BCUT2D eigenvalue weighted by Crippen LogP contribution is -2.53. The molecule has 0 bridgehead atoms. The molecule has 0 saturated carbocycles. The summed E-state index contributed by atoms with van der Waals surface area (Å²) < 4.78 is 19.8. The zero-order valence-corrected chi connectivity index (χ0v) is 22.5. The maximum absolute atomic E-state index is 12.3. The minimum atomic E-state index is -1.67. The van der Waals surface area contributed by atoms with Crippen LogP contribution in [0.5, 0.6) is 0 Å². The quantitative estimate of drug-likeness (QED) is 0.347. The number of rotatable bonds is 5. The summed E-state index contributed by atoms with van der Waals surface area (Å²) in [6.45, 7) is 12.9. The molecule has 3 heterocycles. The van der Waals surface area contributed by atoms with Gasteiger partial charge in [0.2, 0.25) is 0 Å². The number of H-pyrrole nitrogens is 1. The molecule has 1 fully saturated rings. The molecule has 3 aromatic rings. The van der Waals surface area contributed by atoms with E-state index in [9.17, 15) is 14.7 Å². The van der Waals surface area contributed by atoms with Crippen LogP contribution in [-0.4, -0.2) is 64.2 Å². The van der Waals surface area contributed by atoms with Gasteiger partial charge in [0.25, 0.3) is 5.56 Å². The molecule has 1 aromatic carbocycles. The Kier molecular flexibility index (Phi) is 6.07. The van der Waals surface area contributed by atoms with Crippen molar-refractivity contribution in [2.24, 2.45) is 0 Å². The first-order valence-corrected chi connectivity index (χ1v) is 12.7. The normalized spacial score (nSPS) is 25.8. The largest absolute Gasteiger partial charge is 0.456 e. The van der Waals surface area contributed by atoms with E-state index in [0.717, 1.165) is 0 Å². The second-order valence-corrected chi connectivity index (χ2v) is 13.8. The summed E-state index contributed by atoms with van der Waals surface area (Å²) in [5.41, 5.74) is 4.06. The van der Waals surface area contributed by atoms with Crippen molar-refractivity contribution >= 4 is 43.1 Å². The Bertz CT molecular complexity index is 1340. The summed E-state index contributed by atoms with van der Waals surface area (Å²) in [7, 11) is -0.993. The van der Waals surface area contributed by atoms with E-state index in [0.29, 0.717) is 27.4 Å². The van der Waals surface area contributed by atoms with Gasteiger partial charge < -0.3 is 24.7 Å². The van der Waals surface area contributed by atoms with Crippen molar-refractivity contribution in [2.45, 2.75) is 83.1 Å². The van der Waals surface area contributed by atoms with E-state index in [1.165, 1.54) is 24.7 Å². The summed E-state index contributed by atoms with van der Waals surface area (Å²) >= 11 is 0. The first kappa shape index (κ1) is 25.3. The van der Waals surface area contributed by atoms with Crippen molar-refractivity contribution in [2.75, 3.05) is 5.73 Å². The number of carbonyl (C=O) groups excluding carboxylic acids is 1. The summed E-state index contributed by atoms with van der Waals surface area (Å²) in [6.07, 6.45) is 0.181. The third kappa shape index (κ3) is 4.58. The predicted molar refractivity (Wildman–Crippen MR) is 134 cm³/mol. The number of nitrogen functional groups attached to an aromatic ring is 1. The lowest BCUT2D eigenvalue weighted by Gasteiger charge is -2.37. The summed E-state index contributed by atoms with van der Waals surface area (Å²) in [6, 6.07) is 1.57. The van der Waals surface area contributed by atoms with E-state index in [1.54, 1.807) is 12.3 Å². The average Bonchev–Trinajstić information content (AvgIpc) is 3.14. The van der Waals surface area contributed by atoms with E-state index in [2.05, 4.69) is 36.1 Å². The number of nitrogens with two attached hydrogens (primary N) is 1. The molecule has 12 heteroatoms. The third-order valence-electron chi connectivity index (χ3n) is 6.21. The minimum absolute atomic E-state index is 0.0229. The highest BCUT2D eigenvalue weighted by atomic mass is 28.2. The Labute approximate surface area is 204 Å². The monoisotopic (exact) mass is 503 g/mol. The highest BCUT2D eigenvalue weighted by molar-refractivity contribution is 6.31. The minimum Gasteiger partial charge on any atom is -0.456 e. The topological polar surface area (TPSA) is 155 Å². The SMILES string of the molecule is CC(=O)OC1C(C(C)(C)O[SiH2]C(C)(C)C)OC(n2cc3c(N)cc4c(=O)[nH]ncc(n2)c34)C1(C)O. The molecule has 35 heavy (non-hydrogen) atoms. The maximum atomic E-state index is 12.3. The van der Waals surface area contributed by atoms with Gasteiger partial charge in [-0.3, -0.25) is 9.59 Å². The maximum Gasteiger partial charge on any atom is 0.303 e. The molecule has 1 saturated heterocycles. The molecule has 2 aromatic heterocycles. The zero-order chi connectivity index (χ0) is 25.9. The van der Waals surface area contributed by atoms with Gasteiger partial charge in [0.05, 0.1) is 17.2 Å². The summed E-state index contributed by atoms with van der Waals surface area (Å²) in [4.78, 5) is 24.3. The number of nitrogens with one attached hydrogen (secondary N) is 1. The molecular formula is C23H33N5O6Si. The van der Waals surface area contributed by atoms with Gasteiger partial charge >= 0.3 is 5.97 Å². The Morgan fingerprint density at radius 3 is 2.63 bits per heavy atom. The van der Waals surface area contributed by atoms with E-state index < -0.39 is 45.4 Å². The number of nitrogens with zero attached hydrogens (tertiary/aromatic N) is 3. The van der Waals surface area contributed by atoms with Crippen LogP contribution in [-0.2, 0) is 18.7 Å². The summed E-state index contributed by atoms with van der Waals surface area (Å²) in [5.74, 6) is -0.546. The summed E-state index contributed by atoms with van der Waals surface area (Å²) in [5, 5.41) is 24.1. The van der Waals surface area contributed by atoms with Crippen molar-refractivity contribution in [3.8, 4) is 0 Å². The Morgan fingerprint density at radius 1 is 1.31 bits per heavy atom. The van der Waals surface area contributed by atoms with Crippen LogP contribution >= 0.6 is 0 Å². The van der Waals surface area contributed by atoms with Crippen molar-refractivity contribution in [3.63, 3.8) is 0 Å². The van der Waals surface area contributed by atoms with Crippen LogP contribution in [0.25, 0.3) is 21.7 Å². The van der Waals surface area contributed by atoms with Crippen LogP contribution < -0.4 is 11.3 Å². The van der Waals surface area contributed by atoms with Gasteiger partial charge in [0.15, 0.2) is 22.1 Å². The van der Waals surface area contributed by atoms with Crippen molar-refractivity contribution in [3.05, 3.63) is 28.8 Å². The molecule has 4 rings (SSSR count). The number of ether oxygens (including phenoxy) is 2. The van der Waals surface area contributed by atoms with Crippen molar-refractivity contribution < 1.29 is 23.8 Å². The average molecular weight is 504 g/mol. The van der Waals surface area contributed by atoms with Gasteiger partial charge in [-0.15, -0.1) is 0 Å². The number of aromatic nitrogens is 4. The van der Waals surface area contributed by atoms with Gasteiger partial charge in [0, 0.05) is 29.6 Å². The fourth-order valence-electron chi connectivity index (χ4n) is 4.45. The fourth-order valence-corrected chi connectivity index (χ4v) is 5.41. The van der Waals surface area contributed by atoms with Crippen LogP contribution in [0, 0.1) is 0 Å². The number of hydrogen-bond donors (Lipinski definition) is 3. The molecule has 4 atom stereocenters. The fraction of sp³-hybridized carbons (Fsp3) is 0.565. The Hall–Kier alpha value is -2.80. The van der Waals surface area contributed by atoms with E-state index >= 15 is 0 Å². The van der Waals surface area contributed by atoms with Gasteiger partial charge in [-0.25, -0.2) is 9.78 Å². The van der Waals surface area contributed by atoms with Gasteiger partial charge in [-0.05, 0) is 31.9 Å². The molecule has 11 nitrogen and oxygen atoms in total. The number of carbonyl (C=O) groups is 1. The molecule has 4 unspecified atom stereocenters. The molecule has 1 aliphatic rings. The van der Waals surface area contributed by atoms with E-state index in [1.807, 2.05) is 13.8 Å². The van der Waals surface area contributed by atoms with E-state index in [-0.39, 0.29) is 10.6 Å². The molecule has 190 valence electrons.